The fourth-order valence-corrected chi connectivity index (χ4v) is 1.72. The molecule has 0 fully saturated rings. The quantitative estimate of drug-likeness (QED) is 0.817. The molecule has 0 spiro atoms. The molecular formula is C13H18F3NO. The monoisotopic (exact) mass is 261 g/mol. The number of benzene rings is 1. The van der Waals surface area contributed by atoms with Gasteiger partial charge in [-0.2, -0.15) is 13.2 Å². The van der Waals surface area contributed by atoms with Gasteiger partial charge in [-0.05, 0) is 23.6 Å². The molecule has 0 heterocycles. The zero-order valence-corrected chi connectivity index (χ0v) is 11.0. The van der Waals surface area contributed by atoms with Crippen molar-refractivity contribution in [1.29, 1.82) is 0 Å². The van der Waals surface area contributed by atoms with Crippen LogP contribution in [0.1, 0.15) is 25.3 Å². The average molecular weight is 261 g/mol. The van der Waals surface area contributed by atoms with E-state index in [-0.39, 0.29) is 5.92 Å². The first-order chi connectivity index (χ1) is 8.24. The Bertz CT molecular complexity index is 402. The van der Waals surface area contributed by atoms with Crippen molar-refractivity contribution in [2.45, 2.75) is 25.9 Å². The van der Waals surface area contributed by atoms with Gasteiger partial charge in [-0.15, -0.1) is 0 Å². The standard InChI is InChI=1S/C13H18F3NO/c1-9(2)10-5-6-12(18-4)11(7-10)17(3)8-13(14,15)16/h5-7,9H,8H2,1-4H3. The van der Waals surface area contributed by atoms with Gasteiger partial charge in [-0.3, -0.25) is 0 Å². The van der Waals surface area contributed by atoms with Crippen molar-refractivity contribution >= 4 is 5.69 Å². The van der Waals surface area contributed by atoms with Gasteiger partial charge in [0, 0.05) is 7.05 Å². The molecule has 18 heavy (non-hydrogen) atoms. The Morgan fingerprint density at radius 3 is 2.33 bits per heavy atom. The summed E-state index contributed by atoms with van der Waals surface area (Å²) in [5.74, 6) is 0.708. The summed E-state index contributed by atoms with van der Waals surface area (Å²) in [5, 5.41) is 0. The second-order valence-corrected chi connectivity index (χ2v) is 4.56. The third-order valence-corrected chi connectivity index (χ3v) is 2.70. The van der Waals surface area contributed by atoms with Crippen LogP contribution in [0.15, 0.2) is 18.2 Å². The molecule has 0 N–H and O–H groups in total. The summed E-state index contributed by atoms with van der Waals surface area (Å²) < 4.78 is 42.3. The van der Waals surface area contributed by atoms with E-state index in [1.807, 2.05) is 19.9 Å². The number of halogens is 3. The van der Waals surface area contributed by atoms with Gasteiger partial charge in [-0.25, -0.2) is 0 Å². The first-order valence-electron chi connectivity index (χ1n) is 5.70. The molecule has 1 rings (SSSR count). The van der Waals surface area contributed by atoms with Crippen molar-refractivity contribution < 1.29 is 17.9 Å². The number of ether oxygens (including phenoxy) is 1. The van der Waals surface area contributed by atoms with Crippen molar-refractivity contribution in [3.05, 3.63) is 23.8 Å². The van der Waals surface area contributed by atoms with Gasteiger partial charge in [0.05, 0.1) is 12.8 Å². The second kappa shape index (κ2) is 5.50. The third-order valence-electron chi connectivity index (χ3n) is 2.70. The van der Waals surface area contributed by atoms with E-state index in [0.717, 1.165) is 10.5 Å². The van der Waals surface area contributed by atoms with Crippen LogP contribution in [0, 0.1) is 0 Å². The second-order valence-electron chi connectivity index (χ2n) is 4.56. The maximum absolute atomic E-state index is 12.4. The number of alkyl halides is 3. The Balaban J connectivity index is 3.07. The van der Waals surface area contributed by atoms with Crippen molar-refractivity contribution in [2.24, 2.45) is 0 Å². The Labute approximate surface area is 105 Å². The van der Waals surface area contributed by atoms with Crippen molar-refractivity contribution in [3.8, 4) is 5.75 Å². The molecule has 0 amide bonds. The van der Waals surface area contributed by atoms with E-state index in [0.29, 0.717) is 11.4 Å². The van der Waals surface area contributed by atoms with Crippen LogP contribution in [0.2, 0.25) is 0 Å². The Morgan fingerprint density at radius 1 is 1.28 bits per heavy atom. The van der Waals surface area contributed by atoms with E-state index in [4.69, 9.17) is 4.74 Å². The predicted molar refractivity (Wildman–Crippen MR) is 66.4 cm³/mol. The SMILES string of the molecule is COc1ccc(C(C)C)cc1N(C)CC(F)(F)F. The molecule has 0 atom stereocenters. The lowest BCUT2D eigenvalue weighted by molar-refractivity contribution is -0.119. The average Bonchev–Trinajstić information content (AvgIpc) is 2.25. The van der Waals surface area contributed by atoms with Gasteiger partial charge in [0.1, 0.15) is 12.3 Å². The number of hydrogen-bond donors (Lipinski definition) is 0. The zero-order valence-electron chi connectivity index (χ0n) is 11.0. The highest BCUT2D eigenvalue weighted by molar-refractivity contribution is 5.60. The van der Waals surface area contributed by atoms with Gasteiger partial charge in [0.25, 0.3) is 0 Å². The van der Waals surface area contributed by atoms with Crippen molar-refractivity contribution in [2.75, 3.05) is 25.6 Å². The van der Waals surface area contributed by atoms with Gasteiger partial charge in [0.15, 0.2) is 0 Å². The molecule has 5 heteroatoms. The van der Waals surface area contributed by atoms with Crippen LogP contribution in [0.25, 0.3) is 0 Å². The van der Waals surface area contributed by atoms with Crippen LogP contribution in [0.5, 0.6) is 5.75 Å². The van der Waals surface area contributed by atoms with E-state index in [1.165, 1.54) is 14.2 Å². The minimum Gasteiger partial charge on any atom is -0.495 e. The number of nitrogens with zero attached hydrogens (tertiary/aromatic N) is 1. The van der Waals surface area contributed by atoms with Crippen molar-refractivity contribution in [1.82, 2.24) is 0 Å². The maximum atomic E-state index is 12.4. The Morgan fingerprint density at radius 2 is 1.89 bits per heavy atom. The molecular weight excluding hydrogens is 243 g/mol. The van der Waals surface area contributed by atoms with E-state index >= 15 is 0 Å². The first kappa shape index (κ1) is 14.7. The van der Waals surface area contributed by atoms with Crippen LogP contribution in [-0.4, -0.2) is 26.9 Å². The molecule has 0 unspecified atom stereocenters. The molecule has 0 saturated carbocycles. The van der Waals surface area contributed by atoms with E-state index in [1.54, 1.807) is 12.1 Å². The summed E-state index contributed by atoms with van der Waals surface area (Å²) in [6, 6.07) is 5.32. The minimum atomic E-state index is -4.23. The summed E-state index contributed by atoms with van der Waals surface area (Å²) in [4.78, 5) is 1.16. The topological polar surface area (TPSA) is 12.5 Å². The van der Waals surface area contributed by atoms with Gasteiger partial charge in [-0.1, -0.05) is 19.9 Å². The van der Waals surface area contributed by atoms with Crippen LogP contribution >= 0.6 is 0 Å². The fourth-order valence-electron chi connectivity index (χ4n) is 1.72. The zero-order chi connectivity index (χ0) is 13.9. The lowest BCUT2D eigenvalue weighted by atomic mass is 10.0. The predicted octanol–water partition coefficient (Wildman–Crippen LogP) is 3.82. The van der Waals surface area contributed by atoms with Crippen LogP contribution in [0.4, 0.5) is 18.9 Å². The van der Waals surface area contributed by atoms with Crippen LogP contribution in [-0.2, 0) is 0 Å². The Kier molecular flexibility index (Phi) is 4.48. The molecule has 0 bridgehead atoms. The largest absolute Gasteiger partial charge is 0.495 e. The number of rotatable bonds is 4. The minimum absolute atomic E-state index is 0.258. The van der Waals surface area contributed by atoms with E-state index in [2.05, 4.69) is 0 Å². The summed E-state index contributed by atoms with van der Waals surface area (Å²) in [6.07, 6.45) is -4.23. The molecule has 0 aliphatic heterocycles. The molecule has 0 aromatic heterocycles. The molecule has 0 aliphatic rings. The highest BCUT2D eigenvalue weighted by Gasteiger charge is 2.30. The summed E-state index contributed by atoms with van der Waals surface area (Å²) >= 11 is 0. The van der Waals surface area contributed by atoms with Gasteiger partial charge in [0.2, 0.25) is 0 Å². The summed E-state index contributed by atoms with van der Waals surface area (Å²) in [7, 11) is 2.87. The maximum Gasteiger partial charge on any atom is 0.405 e. The fraction of sp³-hybridized carbons (Fsp3) is 0.538. The van der Waals surface area contributed by atoms with E-state index < -0.39 is 12.7 Å². The van der Waals surface area contributed by atoms with Crippen LogP contribution in [0.3, 0.4) is 0 Å². The number of methoxy groups -OCH3 is 1. The van der Waals surface area contributed by atoms with Crippen LogP contribution < -0.4 is 9.64 Å². The molecule has 0 aliphatic carbocycles. The first-order valence-corrected chi connectivity index (χ1v) is 5.70. The lowest BCUT2D eigenvalue weighted by Gasteiger charge is -2.24. The smallest absolute Gasteiger partial charge is 0.405 e. The van der Waals surface area contributed by atoms with E-state index in [9.17, 15) is 13.2 Å². The molecule has 1 aromatic rings. The van der Waals surface area contributed by atoms with Gasteiger partial charge >= 0.3 is 6.18 Å². The van der Waals surface area contributed by atoms with Gasteiger partial charge < -0.3 is 9.64 Å². The molecule has 102 valence electrons. The highest BCUT2D eigenvalue weighted by Crippen LogP contribution is 2.32. The summed E-state index contributed by atoms with van der Waals surface area (Å²) in [5.41, 5.74) is 1.45. The number of anilines is 1. The summed E-state index contributed by atoms with van der Waals surface area (Å²) in [6.45, 7) is 3.00. The Hall–Kier alpha value is -1.39. The molecule has 0 radical (unpaired) electrons. The lowest BCUT2D eigenvalue weighted by Crippen LogP contribution is -2.31. The third kappa shape index (κ3) is 3.82. The number of hydrogen-bond acceptors (Lipinski definition) is 2. The molecule has 0 saturated heterocycles. The highest BCUT2D eigenvalue weighted by atomic mass is 19.4. The molecule has 1 aromatic carbocycles. The molecule has 2 nitrogen and oxygen atoms in total. The van der Waals surface area contributed by atoms with Crippen molar-refractivity contribution in [3.63, 3.8) is 0 Å². The normalized spacial score (nSPS) is 11.8.